The van der Waals surface area contributed by atoms with Crippen molar-refractivity contribution in [1.29, 1.82) is 0 Å². The van der Waals surface area contributed by atoms with Crippen LogP contribution in [0.1, 0.15) is 6.42 Å². The molecule has 0 radical (unpaired) electrons. The normalized spacial score (nSPS) is 23.0. The van der Waals surface area contributed by atoms with Crippen LogP contribution in [0.3, 0.4) is 0 Å². The Hall–Kier alpha value is -1.52. The Morgan fingerprint density at radius 1 is 1.22 bits per heavy atom. The average molecular weight is 314 g/mol. The third-order valence-electron chi connectivity index (χ3n) is 2.84. The first-order chi connectivity index (χ1) is 8.58. The summed E-state index contributed by atoms with van der Waals surface area (Å²) in [5, 5.41) is 18.0. The third-order valence-corrected chi connectivity index (χ3v) is 5.40. The van der Waals surface area contributed by atoms with E-state index in [0.29, 0.717) is 13.0 Å². The van der Waals surface area contributed by atoms with Crippen LogP contribution in [0.25, 0.3) is 0 Å². The summed E-state index contributed by atoms with van der Waals surface area (Å²) in [5.41, 5.74) is 0. The summed E-state index contributed by atoms with van der Waals surface area (Å²) in [4.78, 5) is 23.2. The van der Waals surface area contributed by atoms with Gasteiger partial charge in [0, 0.05) is 0 Å². The van der Waals surface area contributed by atoms with Gasteiger partial charge in [0.15, 0.2) is 0 Å². The number of aliphatic carboxylic acids is 1. The van der Waals surface area contributed by atoms with Crippen molar-refractivity contribution in [3.8, 4) is 0 Å². The Bertz CT molecular complexity index is 429. The third kappa shape index (κ3) is 2.83. The van der Waals surface area contributed by atoms with Crippen molar-refractivity contribution in [2.24, 2.45) is 0 Å². The molecule has 96 valence electrons. The second-order valence-electron chi connectivity index (χ2n) is 4.08. The number of amides is 1. The number of benzene rings is 1. The van der Waals surface area contributed by atoms with E-state index in [0.717, 1.165) is 4.90 Å². The van der Waals surface area contributed by atoms with Gasteiger partial charge >= 0.3 is 110 Å². The van der Waals surface area contributed by atoms with Gasteiger partial charge in [-0.3, -0.25) is 0 Å². The minimum absolute atomic E-state index is 0.110. The number of carboxylic acids is 1. The average Bonchev–Trinajstić information content (AvgIpc) is 2.74. The Morgan fingerprint density at radius 2 is 1.89 bits per heavy atom. The molecule has 0 unspecified atom stereocenters. The molecule has 1 saturated heterocycles. The van der Waals surface area contributed by atoms with E-state index in [1.54, 1.807) is 0 Å². The summed E-state index contributed by atoms with van der Waals surface area (Å²) in [6, 6.07) is 8.92. The summed E-state index contributed by atoms with van der Waals surface area (Å²) in [6.07, 6.45) is -0.731. The van der Waals surface area contributed by atoms with Crippen molar-refractivity contribution >= 4 is 31.5 Å². The number of carbonyl (C=O) groups is 2. The van der Waals surface area contributed by atoms with E-state index in [-0.39, 0.29) is 19.8 Å². The van der Waals surface area contributed by atoms with Gasteiger partial charge in [-0.2, -0.15) is 0 Å². The first-order valence-corrected chi connectivity index (χ1v) is 7.36. The van der Waals surface area contributed by atoms with E-state index >= 15 is 0 Å². The van der Waals surface area contributed by atoms with Crippen molar-refractivity contribution < 1.29 is 19.8 Å². The van der Waals surface area contributed by atoms with Crippen LogP contribution in [0.15, 0.2) is 30.3 Å². The molecule has 1 aromatic carbocycles. The molecule has 6 heteroatoms. The van der Waals surface area contributed by atoms with Gasteiger partial charge in [0.1, 0.15) is 0 Å². The van der Waals surface area contributed by atoms with Crippen LogP contribution >= 0.6 is 0 Å². The quantitative estimate of drug-likeness (QED) is 0.803. The molecular formula is C12H13NO4Se. The van der Waals surface area contributed by atoms with Gasteiger partial charge in [-0.1, -0.05) is 0 Å². The maximum atomic E-state index is 11.0. The Morgan fingerprint density at radius 3 is 2.39 bits per heavy atom. The molecule has 2 N–H and O–H groups in total. The Balaban J connectivity index is 2.05. The molecule has 0 aromatic heterocycles. The second kappa shape index (κ2) is 5.42. The summed E-state index contributed by atoms with van der Waals surface area (Å²) in [7, 11) is 0. The van der Waals surface area contributed by atoms with Gasteiger partial charge in [-0.05, 0) is 0 Å². The molecule has 1 fully saturated rings. The molecule has 5 nitrogen and oxygen atoms in total. The van der Waals surface area contributed by atoms with E-state index < -0.39 is 18.1 Å². The summed E-state index contributed by atoms with van der Waals surface area (Å²) in [5.74, 6) is -1.05. The van der Waals surface area contributed by atoms with Crippen molar-refractivity contribution in [1.82, 2.24) is 4.90 Å². The molecule has 1 amide bonds. The van der Waals surface area contributed by atoms with Crippen LogP contribution in [0.4, 0.5) is 4.79 Å². The number of rotatable bonds is 3. The van der Waals surface area contributed by atoms with Gasteiger partial charge in [-0.25, -0.2) is 0 Å². The van der Waals surface area contributed by atoms with Gasteiger partial charge in [0.05, 0.1) is 0 Å². The molecular weight excluding hydrogens is 301 g/mol. The standard InChI is InChI=1S/C12H13NO4Se/c14-11(15)10-6-9(7-13(10)12(16)17)18-8-4-2-1-3-5-8/h1-5,9-10H,6-7H2,(H,14,15)(H,16,17)/t9-,10-/m0/s1. The fourth-order valence-corrected chi connectivity index (χ4v) is 4.56. The molecule has 0 bridgehead atoms. The van der Waals surface area contributed by atoms with Crippen molar-refractivity contribution in [2.75, 3.05) is 6.54 Å². The van der Waals surface area contributed by atoms with Gasteiger partial charge < -0.3 is 0 Å². The fraction of sp³-hybridized carbons (Fsp3) is 0.333. The van der Waals surface area contributed by atoms with E-state index in [4.69, 9.17) is 10.2 Å². The van der Waals surface area contributed by atoms with Crippen LogP contribution in [-0.4, -0.2) is 54.7 Å². The van der Waals surface area contributed by atoms with Crippen LogP contribution in [0, 0.1) is 0 Å². The van der Waals surface area contributed by atoms with Crippen LogP contribution < -0.4 is 4.46 Å². The SMILES string of the molecule is O=C(O)[C@@H]1C[C@H]([Se]c2ccccc2)CN1C(=O)O. The van der Waals surface area contributed by atoms with E-state index in [9.17, 15) is 9.59 Å². The molecule has 18 heavy (non-hydrogen) atoms. The van der Waals surface area contributed by atoms with E-state index in [1.807, 2.05) is 30.3 Å². The molecule has 0 spiro atoms. The Kier molecular flexibility index (Phi) is 3.89. The summed E-state index contributed by atoms with van der Waals surface area (Å²) < 4.78 is 1.17. The van der Waals surface area contributed by atoms with Crippen molar-refractivity contribution in [2.45, 2.75) is 17.3 Å². The first-order valence-electron chi connectivity index (χ1n) is 5.52. The van der Waals surface area contributed by atoms with Crippen LogP contribution in [0.5, 0.6) is 0 Å². The molecule has 1 aromatic rings. The number of hydrogen-bond acceptors (Lipinski definition) is 2. The van der Waals surface area contributed by atoms with Crippen LogP contribution in [0.2, 0.25) is 4.82 Å². The number of carboxylic acid groups (broad SMARTS) is 2. The van der Waals surface area contributed by atoms with Gasteiger partial charge in [0.2, 0.25) is 0 Å². The summed E-state index contributed by atoms with van der Waals surface area (Å²) in [6.45, 7) is 0.321. The number of likely N-dealkylation sites (tertiary alicyclic amines) is 1. The fourth-order valence-electron chi connectivity index (χ4n) is 2.02. The zero-order chi connectivity index (χ0) is 13.1. The molecule has 1 aliphatic heterocycles. The van der Waals surface area contributed by atoms with Crippen LogP contribution in [-0.2, 0) is 4.79 Å². The molecule has 1 heterocycles. The van der Waals surface area contributed by atoms with E-state index in [1.165, 1.54) is 4.46 Å². The zero-order valence-electron chi connectivity index (χ0n) is 9.52. The predicted octanol–water partition coefficient (Wildman–Crippen LogP) is 0.641. The van der Waals surface area contributed by atoms with Crippen molar-refractivity contribution in [3.63, 3.8) is 0 Å². The molecule has 2 atom stereocenters. The molecule has 0 saturated carbocycles. The number of hydrogen-bond donors (Lipinski definition) is 2. The topological polar surface area (TPSA) is 77.8 Å². The van der Waals surface area contributed by atoms with Gasteiger partial charge in [0.25, 0.3) is 0 Å². The van der Waals surface area contributed by atoms with Gasteiger partial charge in [-0.15, -0.1) is 0 Å². The Labute approximate surface area is 111 Å². The second-order valence-corrected chi connectivity index (χ2v) is 6.96. The molecule has 1 aliphatic rings. The summed E-state index contributed by atoms with van der Waals surface area (Å²) >= 11 is 0.110. The minimum atomic E-state index is -1.14. The predicted molar refractivity (Wildman–Crippen MR) is 66.4 cm³/mol. The molecule has 2 rings (SSSR count). The van der Waals surface area contributed by atoms with E-state index in [2.05, 4.69) is 0 Å². The maximum absolute atomic E-state index is 11.0. The number of nitrogens with zero attached hydrogens (tertiary/aromatic N) is 1. The molecule has 0 aliphatic carbocycles. The van der Waals surface area contributed by atoms with Crippen molar-refractivity contribution in [3.05, 3.63) is 30.3 Å². The monoisotopic (exact) mass is 315 g/mol. The zero-order valence-corrected chi connectivity index (χ0v) is 11.2. The first kappa shape index (κ1) is 12.9.